The summed E-state index contributed by atoms with van der Waals surface area (Å²) in [6, 6.07) is 9.29. The summed E-state index contributed by atoms with van der Waals surface area (Å²) in [4.78, 5) is 25.2. The highest BCUT2D eigenvalue weighted by Crippen LogP contribution is 2.70. The molecule has 3 aliphatic rings. The molecule has 1 saturated carbocycles. The van der Waals surface area contributed by atoms with Gasteiger partial charge in [0.15, 0.2) is 0 Å². The van der Waals surface area contributed by atoms with Crippen molar-refractivity contribution in [3.8, 4) is 0 Å². The number of methoxy groups -OCH3 is 4. The van der Waals surface area contributed by atoms with Crippen LogP contribution in [-0.2, 0) is 33.3 Å². The van der Waals surface area contributed by atoms with Crippen molar-refractivity contribution in [2.24, 2.45) is 0 Å². The summed E-state index contributed by atoms with van der Waals surface area (Å²) < 4.78 is 26.9. The summed E-state index contributed by atoms with van der Waals surface area (Å²) in [5.74, 6) is -3.41. The molecule has 1 aliphatic carbocycles. The molecule has 1 aromatic rings. The monoisotopic (exact) mass is 336 g/mol. The molecule has 4 rings (SSSR count). The first kappa shape index (κ1) is 16.9. The maximum absolute atomic E-state index is 12.7. The van der Waals surface area contributed by atoms with E-state index in [4.69, 9.17) is 23.7 Å². The number of benzene rings is 1. The number of hydrogen-bond acceptors (Lipinski definition) is 7. The average Bonchev–Trinajstić information content (AvgIpc) is 3.12. The smallest absolute Gasteiger partial charge is 0.344 e. The summed E-state index contributed by atoms with van der Waals surface area (Å²) in [5, 5.41) is 0. The molecule has 0 radical (unpaired) electrons. The van der Waals surface area contributed by atoms with Gasteiger partial charge in [-0.15, -0.1) is 0 Å². The van der Waals surface area contributed by atoms with Gasteiger partial charge in [-0.2, -0.15) is 0 Å². The predicted octanol–water partition coefficient (Wildman–Crippen LogP) is 1.02. The molecular weight excluding hydrogens is 316 g/mol. The fourth-order valence-corrected chi connectivity index (χ4v) is 4.22. The van der Waals surface area contributed by atoms with E-state index in [-0.39, 0.29) is 6.42 Å². The lowest BCUT2D eigenvalue weighted by atomic mass is 9.76. The van der Waals surface area contributed by atoms with Crippen LogP contribution in [0.4, 0.5) is 0 Å². The zero-order valence-electron chi connectivity index (χ0n) is 14.0. The predicted molar refractivity (Wildman–Crippen MR) is 81.1 cm³/mol. The SMILES string of the molecule is COC(=O)[C@@]12O[C@@](C(=O)OC)(C[C@H]1c1ccccc1)C2(OC)OC. The van der Waals surface area contributed by atoms with Gasteiger partial charge in [-0.25, -0.2) is 9.59 Å². The second-order valence-corrected chi connectivity index (χ2v) is 5.84. The topological polar surface area (TPSA) is 80.3 Å². The summed E-state index contributed by atoms with van der Waals surface area (Å²) in [6.07, 6.45) is 0.181. The minimum Gasteiger partial charge on any atom is -0.467 e. The maximum atomic E-state index is 12.7. The zero-order chi connectivity index (χ0) is 17.6. The van der Waals surface area contributed by atoms with Crippen molar-refractivity contribution in [2.75, 3.05) is 28.4 Å². The fraction of sp³-hybridized carbons (Fsp3) is 0.529. The molecule has 7 heteroatoms. The Balaban J connectivity index is 2.20. The van der Waals surface area contributed by atoms with E-state index in [0.29, 0.717) is 0 Å². The molecule has 2 bridgehead atoms. The van der Waals surface area contributed by atoms with Gasteiger partial charge in [-0.1, -0.05) is 30.3 Å². The van der Waals surface area contributed by atoms with Crippen LogP contribution < -0.4 is 0 Å². The highest BCUT2D eigenvalue weighted by Gasteiger charge is 2.93. The van der Waals surface area contributed by atoms with Crippen LogP contribution in [0.25, 0.3) is 0 Å². The highest BCUT2D eigenvalue weighted by molar-refractivity contribution is 5.95. The van der Waals surface area contributed by atoms with Crippen LogP contribution in [-0.4, -0.2) is 57.4 Å². The molecule has 24 heavy (non-hydrogen) atoms. The number of fused-ring (bicyclic) bond motifs is 1. The summed E-state index contributed by atoms with van der Waals surface area (Å²) in [6.45, 7) is 0. The molecule has 130 valence electrons. The number of esters is 2. The number of carbonyl (C=O) groups excluding carboxylic acids is 2. The molecule has 0 unspecified atom stereocenters. The van der Waals surface area contributed by atoms with Gasteiger partial charge in [0.25, 0.3) is 5.79 Å². The molecule has 0 spiro atoms. The van der Waals surface area contributed by atoms with Crippen LogP contribution in [0.5, 0.6) is 0 Å². The van der Waals surface area contributed by atoms with Gasteiger partial charge in [0.1, 0.15) is 0 Å². The molecule has 0 aromatic heterocycles. The highest BCUT2D eigenvalue weighted by atomic mass is 16.8. The quantitative estimate of drug-likeness (QED) is 0.586. The summed E-state index contributed by atoms with van der Waals surface area (Å²) >= 11 is 0. The minimum atomic E-state index is -1.62. The summed E-state index contributed by atoms with van der Waals surface area (Å²) in [5.41, 5.74) is -2.29. The van der Waals surface area contributed by atoms with Gasteiger partial charge >= 0.3 is 11.9 Å². The second-order valence-electron chi connectivity index (χ2n) is 5.84. The fourth-order valence-electron chi connectivity index (χ4n) is 4.22. The Morgan fingerprint density at radius 2 is 1.58 bits per heavy atom. The Kier molecular flexibility index (Phi) is 3.90. The third-order valence-electron chi connectivity index (χ3n) is 5.12. The molecule has 3 fully saturated rings. The molecule has 2 aliphatic heterocycles. The first-order valence-electron chi connectivity index (χ1n) is 7.52. The molecule has 0 N–H and O–H groups in total. The lowest BCUT2D eigenvalue weighted by Crippen LogP contribution is -2.83. The van der Waals surface area contributed by atoms with E-state index in [0.717, 1.165) is 5.56 Å². The van der Waals surface area contributed by atoms with Crippen molar-refractivity contribution in [1.82, 2.24) is 0 Å². The Labute approximate surface area is 139 Å². The number of rotatable bonds is 5. The van der Waals surface area contributed by atoms with Crippen LogP contribution in [0.3, 0.4) is 0 Å². The molecule has 1 aromatic carbocycles. The second kappa shape index (κ2) is 5.54. The van der Waals surface area contributed by atoms with Crippen LogP contribution >= 0.6 is 0 Å². The van der Waals surface area contributed by atoms with Crippen molar-refractivity contribution in [2.45, 2.75) is 29.3 Å². The molecular formula is C17H20O7. The Hall–Kier alpha value is -1.96. The van der Waals surface area contributed by atoms with Crippen molar-refractivity contribution in [3.63, 3.8) is 0 Å². The normalized spacial score (nSPS) is 32.8. The largest absolute Gasteiger partial charge is 0.467 e. The Morgan fingerprint density at radius 1 is 1.00 bits per heavy atom. The molecule has 2 heterocycles. The molecule has 3 atom stereocenters. The van der Waals surface area contributed by atoms with E-state index >= 15 is 0 Å². The Bertz CT molecular complexity index is 654. The maximum Gasteiger partial charge on any atom is 0.344 e. The lowest BCUT2D eigenvalue weighted by molar-refractivity contribution is -0.439. The average molecular weight is 336 g/mol. The third kappa shape index (κ3) is 1.62. The first-order chi connectivity index (χ1) is 11.5. The Morgan fingerprint density at radius 3 is 2.08 bits per heavy atom. The lowest BCUT2D eigenvalue weighted by Gasteiger charge is -2.58. The van der Waals surface area contributed by atoms with E-state index in [1.807, 2.05) is 30.3 Å². The van der Waals surface area contributed by atoms with Crippen molar-refractivity contribution in [3.05, 3.63) is 35.9 Å². The van der Waals surface area contributed by atoms with Gasteiger partial charge in [-0.05, 0) is 5.56 Å². The van der Waals surface area contributed by atoms with Gasteiger partial charge in [0, 0.05) is 26.6 Å². The van der Waals surface area contributed by atoms with Crippen LogP contribution in [0.15, 0.2) is 30.3 Å². The van der Waals surface area contributed by atoms with E-state index in [9.17, 15) is 9.59 Å². The molecule has 2 saturated heterocycles. The summed E-state index contributed by atoms with van der Waals surface area (Å²) in [7, 11) is 5.25. The number of hydrogen-bond donors (Lipinski definition) is 0. The van der Waals surface area contributed by atoms with Gasteiger partial charge < -0.3 is 23.7 Å². The number of carbonyl (C=O) groups is 2. The van der Waals surface area contributed by atoms with E-state index in [2.05, 4.69) is 0 Å². The van der Waals surface area contributed by atoms with Gasteiger partial charge in [-0.3, -0.25) is 0 Å². The van der Waals surface area contributed by atoms with Crippen molar-refractivity contribution < 1.29 is 33.3 Å². The standard InChI is InChI=1S/C17H20O7/c1-20-13(18)15-10-12(11-8-6-5-7-9-11)16(24-15,14(19)21-2)17(15,22-3)23-4/h5-9,12H,10H2,1-4H3/t12-,15+,16-/m0/s1. The van der Waals surface area contributed by atoms with Crippen molar-refractivity contribution >= 4 is 11.9 Å². The minimum absolute atomic E-state index is 0.181. The van der Waals surface area contributed by atoms with Gasteiger partial charge in [0.05, 0.1) is 14.2 Å². The van der Waals surface area contributed by atoms with Crippen LogP contribution in [0.1, 0.15) is 17.9 Å². The van der Waals surface area contributed by atoms with Crippen LogP contribution in [0.2, 0.25) is 0 Å². The third-order valence-corrected chi connectivity index (χ3v) is 5.12. The first-order valence-corrected chi connectivity index (χ1v) is 7.52. The van der Waals surface area contributed by atoms with E-state index in [1.165, 1.54) is 28.4 Å². The molecule has 7 nitrogen and oxygen atoms in total. The molecule has 0 amide bonds. The van der Waals surface area contributed by atoms with E-state index in [1.54, 1.807) is 0 Å². The van der Waals surface area contributed by atoms with Gasteiger partial charge in [0.2, 0.25) is 11.2 Å². The van der Waals surface area contributed by atoms with E-state index < -0.39 is 34.8 Å². The number of ether oxygens (including phenoxy) is 5. The van der Waals surface area contributed by atoms with Crippen molar-refractivity contribution in [1.29, 1.82) is 0 Å². The zero-order valence-corrected chi connectivity index (χ0v) is 14.0. The van der Waals surface area contributed by atoms with Crippen LogP contribution in [0, 0.1) is 0 Å².